The summed E-state index contributed by atoms with van der Waals surface area (Å²) in [6.07, 6.45) is 0. The minimum Gasteiger partial charge on any atom is -0.378 e. The number of carbonyl (C=O) groups is 1. The number of rotatable bonds is 1. The Labute approximate surface area is 104 Å². The molecule has 1 aliphatic heterocycles. The Hall–Kier alpha value is -0.770. The van der Waals surface area contributed by atoms with Crippen molar-refractivity contribution >= 4 is 29.1 Å². The first-order chi connectivity index (χ1) is 7.70. The third kappa shape index (κ3) is 2.32. The molecule has 1 saturated heterocycles. The van der Waals surface area contributed by atoms with Crippen LogP contribution >= 0.6 is 23.2 Å². The fourth-order valence-electron chi connectivity index (χ4n) is 1.61. The molecule has 0 saturated carbocycles. The normalized spacial score (nSPS) is 16.2. The van der Waals surface area contributed by atoms with Gasteiger partial charge in [-0.15, -0.1) is 0 Å². The van der Waals surface area contributed by atoms with E-state index in [4.69, 9.17) is 27.9 Å². The van der Waals surface area contributed by atoms with Crippen LogP contribution < -0.4 is 0 Å². The predicted octanol–water partition coefficient (Wildman–Crippen LogP) is 2.47. The van der Waals surface area contributed by atoms with Crippen LogP contribution in [0, 0.1) is 0 Å². The molecular formula is C11H11Cl2NO2. The molecule has 86 valence electrons. The van der Waals surface area contributed by atoms with Crippen LogP contribution in [-0.2, 0) is 4.74 Å². The average Bonchev–Trinajstić information content (AvgIpc) is 2.33. The lowest BCUT2D eigenvalue weighted by atomic mass is 10.2. The SMILES string of the molecule is O=C(c1cccc(Cl)c1Cl)N1CCOCC1. The Balaban J connectivity index is 2.22. The number of carbonyl (C=O) groups excluding carboxylic acids is 1. The van der Waals surface area contributed by atoms with Gasteiger partial charge in [0.1, 0.15) is 0 Å². The van der Waals surface area contributed by atoms with Crippen LogP contribution in [0.3, 0.4) is 0 Å². The maximum absolute atomic E-state index is 12.1. The number of hydrogen-bond acceptors (Lipinski definition) is 2. The Morgan fingerprint density at radius 3 is 2.62 bits per heavy atom. The predicted molar refractivity (Wildman–Crippen MR) is 63.2 cm³/mol. The van der Waals surface area contributed by atoms with Crippen LogP contribution in [0.2, 0.25) is 10.0 Å². The number of hydrogen-bond donors (Lipinski definition) is 0. The van der Waals surface area contributed by atoms with Crippen LogP contribution in [0.25, 0.3) is 0 Å². The summed E-state index contributed by atoms with van der Waals surface area (Å²) in [5.41, 5.74) is 0.455. The second-order valence-electron chi connectivity index (χ2n) is 3.51. The van der Waals surface area contributed by atoms with Crippen molar-refractivity contribution in [3.05, 3.63) is 33.8 Å². The zero-order valence-electron chi connectivity index (χ0n) is 8.58. The monoisotopic (exact) mass is 259 g/mol. The van der Waals surface area contributed by atoms with Crippen molar-refractivity contribution in [2.45, 2.75) is 0 Å². The van der Waals surface area contributed by atoms with E-state index in [2.05, 4.69) is 0 Å². The third-order valence-electron chi connectivity index (χ3n) is 2.48. The summed E-state index contributed by atoms with van der Waals surface area (Å²) in [5, 5.41) is 0.724. The van der Waals surface area contributed by atoms with Crippen molar-refractivity contribution in [3.63, 3.8) is 0 Å². The van der Waals surface area contributed by atoms with Gasteiger partial charge >= 0.3 is 0 Å². The summed E-state index contributed by atoms with van der Waals surface area (Å²) in [4.78, 5) is 13.8. The molecule has 0 radical (unpaired) electrons. The zero-order chi connectivity index (χ0) is 11.5. The first-order valence-electron chi connectivity index (χ1n) is 5.01. The fraction of sp³-hybridized carbons (Fsp3) is 0.364. The molecule has 0 aromatic heterocycles. The number of amides is 1. The highest BCUT2D eigenvalue weighted by molar-refractivity contribution is 6.43. The molecule has 0 aliphatic carbocycles. The molecule has 1 aromatic rings. The molecular weight excluding hydrogens is 249 g/mol. The van der Waals surface area contributed by atoms with Crippen LogP contribution in [0.1, 0.15) is 10.4 Å². The molecule has 0 unspecified atom stereocenters. The van der Waals surface area contributed by atoms with E-state index in [1.54, 1.807) is 23.1 Å². The lowest BCUT2D eigenvalue weighted by Crippen LogP contribution is -2.40. The zero-order valence-corrected chi connectivity index (χ0v) is 10.1. The average molecular weight is 260 g/mol. The maximum Gasteiger partial charge on any atom is 0.255 e. The molecule has 1 aromatic carbocycles. The summed E-state index contributed by atoms with van der Waals surface area (Å²) in [6, 6.07) is 5.08. The Bertz CT molecular complexity index is 403. The lowest BCUT2D eigenvalue weighted by molar-refractivity contribution is 0.0303. The molecule has 0 N–H and O–H groups in total. The second kappa shape index (κ2) is 5.04. The van der Waals surface area contributed by atoms with E-state index in [0.29, 0.717) is 41.9 Å². The molecule has 16 heavy (non-hydrogen) atoms. The van der Waals surface area contributed by atoms with E-state index in [9.17, 15) is 4.79 Å². The highest BCUT2D eigenvalue weighted by Crippen LogP contribution is 2.26. The van der Waals surface area contributed by atoms with Gasteiger partial charge in [0.05, 0.1) is 28.8 Å². The Morgan fingerprint density at radius 1 is 1.25 bits per heavy atom. The highest BCUT2D eigenvalue weighted by Gasteiger charge is 2.21. The molecule has 0 bridgehead atoms. The van der Waals surface area contributed by atoms with Gasteiger partial charge in [-0.25, -0.2) is 0 Å². The standard InChI is InChI=1S/C11H11Cl2NO2/c12-9-3-1-2-8(10(9)13)11(15)14-4-6-16-7-5-14/h1-3H,4-7H2. The second-order valence-corrected chi connectivity index (χ2v) is 4.29. The number of ether oxygens (including phenoxy) is 1. The summed E-state index contributed by atoms with van der Waals surface area (Å²) < 4.78 is 5.19. The van der Waals surface area contributed by atoms with Crippen LogP contribution in [0.5, 0.6) is 0 Å². The largest absolute Gasteiger partial charge is 0.378 e. The molecule has 0 spiro atoms. The van der Waals surface area contributed by atoms with Gasteiger partial charge in [0.25, 0.3) is 5.91 Å². The quantitative estimate of drug-likeness (QED) is 0.776. The number of nitrogens with zero attached hydrogens (tertiary/aromatic N) is 1. The van der Waals surface area contributed by atoms with Crippen molar-refractivity contribution in [2.24, 2.45) is 0 Å². The van der Waals surface area contributed by atoms with Gasteiger partial charge < -0.3 is 9.64 Å². The van der Waals surface area contributed by atoms with Gasteiger partial charge in [0.2, 0.25) is 0 Å². The first kappa shape index (κ1) is 11.7. The molecule has 3 nitrogen and oxygen atoms in total. The molecule has 5 heteroatoms. The molecule has 0 atom stereocenters. The fourth-order valence-corrected chi connectivity index (χ4v) is 1.99. The van der Waals surface area contributed by atoms with Crippen LogP contribution in [0.15, 0.2) is 18.2 Å². The molecule has 1 heterocycles. The van der Waals surface area contributed by atoms with Gasteiger partial charge in [-0.05, 0) is 12.1 Å². The van der Waals surface area contributed by atoms with Gasteiger partial charge in [0.15, 0.2) is 0 Å². The summed E-state index contributed by atoms with van der Waals surface area (Å²) in [6.45, 7) is 2.34. The summed E-state index contributed by atoms with van der Waals surface area (Å²) in [7, 11) is 0. The summed E-state index contributed by atoms with van der Waals surface area (Å²) in [5.74, 6) is -0.0872. The van der Waals surface area contributed by atoms with Crippen molar-refractivity contribution in [1.82, 2.24) is 4.90 Å². The van der Waals surface area contributed by atoms with E-state index in [1.807, 2.05) is 0 Å². The van der Waals surface area contributed by atoms with Gasteiger partial charge in [-0.3, -0.25) is 4.79 Å². The lowest BCUT2D eigenvalue weighted by Gasteiger charge is -2.27. The minimum atomic E-state index is -0.0872. The van der Waals surface area contributed by atoms with Gasteiger partial charge in [-0.2, -0.15) is 0 Å². The van der Waals surface area contributed by atoms with Crippen molar-refractivity contribution in [1.29, 1.82) is 0 Å². The Morgan fingerprint density at radius 2 is 1.94 bits per heavy atom. The van der Waals surface area contributed by atoms with Crippen molar-refractivity contribution < 1.29 is 9.53 Å². The number of benzene rings is 1. The molecule has 2 rings (SSSR count). The Kier molecular flexibility index (Phi) is 3.69. The molecule has 1 fully saturated rings. The topological polar surface area (TPSA) is 29.5 Å². The molecule has 1 amide bonds. The van der Waals surface area contributed by atoms with E-state index in [0.717, 1.165) is 0 Å². The third-order valence-corrected chi connectivity index (χ3v) is 3.30. The van der Waals surface area contributed by atoms with Gasteiger partial charge in [0, 0.05) is 13.1 Å². The van der Waals surface area contributed by atoms with E-state index in [1.165, 1.54) is 0 Å². The number of halogens is 2. The molecule has 1 aliphatic rings. The van der Waals surface area contributed by atoms with Crippen LogP contribution in [0.4, 0.5) is 0 Å². The highest BCUT2D eigenvalue weighted by atomic mass is 35.5. The smallest absolute Gasteiger partial charge is 0.255 e. The minimum absolute atomic E-state index is 0.0872. The van der Waals surface area contributed by atoms with E-state index >= 15 is 0 Å². The van der Waals surface area contributed by atoms with E-state index in [-0.39, 0.29) is 5.91 Å². The summed E-state index contributed by atoms with van der Waals surface area (Å²) >= 11 is 11.9. The van der Waals surface area contributed by atoms with Crippen molar-refractivity contribution in [2.75, 3.05) is 26.3 Å². The number of morpholine rings is 1. The van der Waals surface area contributed by atoms with E-state index < -0.39 is 0 Å². The van der Waals surface area contributed by atoms with Crippen molar-refractivity contribution in [3.8, 4) is 0 Å². The maximum atomic E-state index is 12.1. The first-order valence-corrected chi connectivity index (χ1v) is 5.77. The van der Waals surface area contributed by atoms with Gasteiger partial charge in [-0.1, -0.05) is 29.3 Å². The van der Waals surface area contributed by atoms with Crippen LogP contribution in [-0.4, -0.2) is 37.1 Å².